The second-order valence-electron chi connectivity index (χ2n) is 2.63. The van der Waals surface area contributed by atoms with E-state index < -0.39 is 0 Å². The molecule has 66 valence electrons. The number of pyridine rings is 1. The van der Waals surface area contributed by atoms with Crippen LogP contribution in [0, 0.1) is 0 Å². The number of hydrogen-bond donors (Lipinski definition) is 2. The standard InChI is InChI=1S/C8H9N5/c9-6-1-2-8(11-5-6)13-4-3-7(10)12-13/h1-5H,9H2,(H2,10,12). The third-order valence-corrected chi connectivity index (χ3v) is 1.62. The van der Waals surface area contributed by atoms with Crippen LogP contribution in [0.4, 0.5) is 11.5 Å². The molecule has 0 spiro atoms. The number of nitrogen functional groups attached to an aromatic ring is 2. The molecule has 2 aromatic heterocycles. The van der Waals surface area contributed by atoms with Crippen LogP contribution in [0.25, 0.3) is 5.82 Å². The maximum Gasteiger partial charge on any atom is 0.153 e. The van der Waals surface area contributed by atoms with Gasteiger partial charge in [-0.1, -0.05) is 0 Å². The van der Waals surface area contributed by atoms with Crippen molar-refractivity contribution < 1.29 is 0 Å². The molecule has 2 aromatic rings. The van der Waals surface area contributed by atoms with E-state index in [9.17, 15) is 0 Å². The van der Waals surface area contributed by atoms with E-state index in [0.29, 0.717) is 17.3 Å². The Morgan fingerprint density at radius 3 is 2.54 bits per heavy atom. The first kappa shape index (κ1) is 7.60. The van der Waals surface area contributed by atoms with Crippen LogP contribution in [0.3, 0.4) is 0 Å². The van der Waals surface area contributed by atoms with E-state index in [1.807, 2.05) is 0 Å². The molecule has 0 aromatic carbocycles. The van der Waals surface area contributed by atoms with Gasteiger partial charge in [-0.25, -0.2) is 9.67 Å². The van der Waals surface area contributed by atoms with Gasteiger partial charge in [-0.15, -0.1) is 5.10 Å². The Bertz CT molecular complexity index is 403. The molecule has 0 unspecified atom stereocenters. The number of nitrogens with zero attached hydrogens (tertiary/aromatic N) is 3. The molecule has 0 atom stereocenters. The van der Waals surface area contributed by atoms with Crippen molar-refractivity contribution in [2.75, 3.05) is 11.5 Å². The molecule has 0 fully saturated rings. The van der Waals surface area contributed by atoms with Crippen LogP contribution in [-0.4, -0.2) is 14.8 Å². The van der Waals surface area contributed by atoms with Crippen LogP contribution in [0.15, 0.2) is 30.6 Å². The lowest BCUT2D eigenvalue weighted by atomic mass is 10.4. The summed E-state index contributed by atoms with van der Waals surface area (Å²) in [6.07, 6.45) is 3.32. The van der Waals surface area contributed by atoms with Gasteiger partial charge < -0.3 is 11.5 Å². The summed E-state index contributed by atoms with van der Waals surface area (Å²) in [5.41, 5.74) is 11.6. The molecule has 0 radical (unpaired) electrons. The monoisotopic (exact) mass is 175 g/mol. The molecule has 0 aliphatic carbocycles. The minimum absolute atomic E-state index is 0.471. The fraction of sp³-hybridized carbons (Fsp3) is 0. The summed E-state index contributed by atoms with van der Waals surface area (Å²) in [4.78, 5) is 4.08. The van der Waals surface area contributed by atoms with E-state index in [2.05, 4.69) is 10.1 Å². The summed E-state index contributed by atoms with van der Waals surface area (Å²) in [6, 6.07) is 5.25. The normalized spacial score (nSPS) is 10.2. The summed E-state index contributed by atoms with van der Waals surface area (Å²) in [6.45, 7) is 0. The molecule has 0 aliphatic heterocycles. The molecule has 0 saturated heterocycles. The van der Waals surface area contributed by atoms with E-state index in [4.69, 9.17) is 11.5 Å². The molecular formula is C8H9N5. The van der Waals surface area contributed by atoms with Gasteiger partial charge in [-0.2, -0.15) is 0 Å². The topological polar surface area (TPSA) is 82.8 Å². The Labute approximate surface area is 75.0 Å². The van der Waals surface area contributed by atoms with Crippen molar-refractivity contribution in [1.82, 2.24) is 14.8 Å². The Morgan fingerprint density at radius 1 is 1.15 bits per heavy atom. The van der Waals surface area contributed by atoms with Crippen LogP contribution in [-0.2, 0) is 0 Å². The molecule has 2 rings (SSSR count). The summed E-state index contributed by atoms with van der Waals surface area (Å²) in [5, 5.41) is 4.00. The first-order valence-corrected chi connectivity index (χ1v) is 3.79. The van der Waals surface area contributed by atoms with E-state index in [-0.39, 0.29) is 0 Å². The Morgan fingerprint density at radius 2 is 2.00 bits per heavy atom. The summed E-state index contributed by atoms with van der Waals surface area (Å²) in [5.74, 6) is 1.17. The van der Waals surface area contributed by atoms with Gasteiger partial charge in [0.1, 0.15) is 5.82 Å². The van der Waals surface area contributed by atoms with E-state index in [1.165, 1.54) is 0 Å². The number of hydrogen-bond acceptors (Lipinski definition) is 4. The predicted molar refractivity (Wildman–Crippen MR) is 50.2 cm³/mol. The van der Waals surface area contributed by atoms with Crippen molar-refractivity contribution in [3.63, 3.8) is 0 Å². The largest absolute Gasteiger partial charge is 0.397 e. The molecule has 0 saturated carbocycles. The van der Waals surface area contributed by atoms with Crippen molar-refractivity contribution in [3.8, 4) is 5.82 Å². The first-order chi connectivity index (χ1) is 6.25. The Hall–Kier alpha value is -2.04. The highest BCUT2D eigenvalue weighted by atomic mass is 15.3. The van der Waals surface area contributed by atoms with Gasteiger partial charge >= 0.3 is 0 Å². The molecule has 0 aliphatic rings. The molecule has 2 heterocycles. The van der Waals surface area contributed by atoms with Gasteiger partial charge in [0.25, 0.3) is 0 Å². The molecular weight excluding hydrogens is 166 g/mol. The van der Waals surface area contributed by atoms with Crippen molar-refractivity contribution >= 4 is 11.5 Å². The minimum Gasteiger partial charge on any atom is -0.397 e. The highest BCUT2D eigenvalue weighted by Gasteiger charge is 1.98. The number of anilines is 2. The maximum atomic E-state index is 5.49. The van der Waals surface area contributed by atoms with Gasteiger partial charge in [-0.05, 0) is 12.1 Å². The van der Waals surface area contributed by atoms with Crippen LogP contribution >= 0.6 is 0 Å². The molecule has 5 nitrogen and oxygen atoms in total. The van der Waals surface area contributed by atoms with Crippen LogP contribution < -0.4 is 11.5 Å². The SMILES string of the molecule is Nc1ccc(-n2ccc(N)n2)nc1. The fourth-order valence-corrected chi connectivity index (χ4v) is 0.999. The quantitative estimate of drug-likeness (QED) is 0.658. The zero-order valence-corrected chi connectivity index (χ0v) is 6.88. The third kappa shape index (κ3) is 1.44. The van der Waals surface area contributed by atoms with E-state index >= 15 is 0 Å². The van der Waals surface area contributed by atoms with Crippen LogP contribution in [0.2, 0.25) is 0 Å². The lowest BCUT2D eigenvalue weighted by Crippen LogP contribution is -1.99. The Kier molecular flexibility index (Phi) is 1.63. The van der Waals surface area contributed by atoms with Gasteiger partial charge in [0.2, 0.25) is 0 Å². The maximum absolute atomic E-state index is 5.49. The fourth-order valence-electron chi connectivity index (χ4n) is 0.999. The van der Waals surface area contributed by atoms with Gasteiger partial charge in [-0.3, -0.25) is 0 Å². The number of rotatable bonds is 1. The average Bonchev–Trinajstić information content (AvgIpc) is 2.53. The molecule has 4 N–H and O–H groups in total. The smallest absolute Gasteiger partial charge is 0.153 e. The van der Waals surface area contributed by atoms with Crippen molar-refractivity contribution in [2.24, 2.45) is 0 Å². The summed E-state index contributed by atoms with van der Waals surface area (Å²) >= 11 is 0. The van der Waals surface area contributed by atoms with Gasteiger partial charge in [0.05, 0.1) is 11.9 Å². The first-order valence-electron chi connectivity index (χ1n) is 3.79. The molecule has 13 heavy (non-hydrogen) atoms. The number of nitrogens with two attached hydrogens (primary N) is 2. The predicted octanol–water partition coefficient (Wildman–Crippen LogP) is 0.432. The van der Waals surface area contributed by atoms with E-state index in [1.54, 1.807) is 35.3 Å². The second kappa shape index (κ2) is 2.78. The highest BCUT2D eigenvalue weighted by molar-refractivity contribution is 5.39. The molecule has 5 heteroatoms. The number of aromatic nitrogens is 3. The minimum atomic E-state index is 0.471. The Balaban J connectivity index is 2.41. The van der Waals surface area contributed by atoms with E-state index in [0.717, 1.165) is 0 Å². The van der Waals surface area contributed by atoms with Crippen molar-refractivity contribution in [1.29, 1.82) is 0 Å². The van der Waals surface area contributed by atoms with Crippen molar-refractivity contribution in [3.05, 3.63) is 30.6 Å². The van der Waals surface area contributed by atoms with Gasteiger partial charge in [0.15, 0.2) is 5.82 Å². The lowest BCUT2D eigenvalue weighted by Gasteiger charge is -1.99. The van der Waals surface area contributed by atoms with Gasteiger partial charge in [0, 0.05) is 12.3 Å². The third-order valence-electron chi connectivity index (χ3n) is 1.62. The summed E-state index contributed by atoms with van der Waals surface area (Å²) in [7, 11) is 0. The van der Waals surface area contributed by atoms with Crippen LogP contribution in [0.5, 0.6) is 0 Å². The highest BCUT2D eigenvalue weighted by Crippen LogP contribution is 2.07. The second-order valence-corrected chi connectivity index (χ2v) is 2.63. The zero-order chi connectivity index (χ0) is 9.26. The summed E-state index contributed by atoms with van der Waals surface area (Å²) < 4.78 is 1.59. The lowest BCUT2D eigenvalue weighted by molar-refractivity contribution is 0.852. The van der Waals surface area contributed by atoms with Crippen molar-refractivity contribution in [2.45, 2.75) is 0 Å². The molecule has 0 amide bonds. The van der Waals surface area contributed by atoms with Crippen LogP contribution in [0.1, 0.15) is 0 Å². The molecule has 0 bridgehead atoms. The zero-order valence-electron chi connectivity index (χ0n) is 6.88. The average molecular weight is 175 g/mol.